The zero-order valence-electron chi connectivity index (χ0n) is 18.3. The van der Waals surface area contributed by atoms with E-state index in [1.165, 1.54) is 29.3 Å². The summed E-state index contributed by atoms with van der Waals surface area (Å²) in [7, 11) is -3.37. The number of carbonyl (C=O) groups excluding carboxylic acids is 1. The van der Waals surface area contributed by atoms with Crippen molar-refractivity contribution in [3.8, 4) is 0 Å². The van der Waals surface area contributed by atoms with E-state index in [4.69, 9.17) is 11.6 Å². The lowest BCUT2D eigenvalue weighted by Gasteiger charge is -2.34. The molecule has 2 aromatic rings. The van der Waals surface area contributed by atoms with Gasteiger partial charge in [-0.05, 0) is 35.2 Å². The van der Waals surface area contributed by atoms with Crippen LogP contribution < -0.4 is 5.32 Å². The van der Waals surface area contributed by atoms with Gasteiger partial charge in [0, 0.05) is 39.0 Å². The normalized spacial score (nSPS) is 15.9. The van der Waals surface area contributed by atoms with Crippen LogP contribution in [0, 0.1) is 0 Å². The van der Waals surface area contributed by atoms with E-state index in [2.05, 4.69) is 53.2 Å². The van der Waals surface area contributed by atoms with Gasteiger partial charge in [-0.15, -0.1) is 0 Å². The number of amides is 1. The molecule has 1 heterocycles. The standard InChI is InChI=1S/C23H30ClN3O3S/c1-17(2)19-6-4-18(5-7-19)15-26-10-12-27(13-11-26)16-23(28)25-22-14-20(31(3,29)30)8-9-21(22)24/h4-9,14,17H,10-13,15-16H2,1-3H3,(H,25,28). The van der Waals surface area contributed by atoms with Crippen LogP contribution in [-0.4, -0.2) is 63.1 Å². The quantitative estimate of drug-likeness (QED) is 0.679. The summed E-state index contributed by atoms with van der Waals surface area (Å²) in [5.74, 6) is 0.331. The van der Waals surface area contributed by atoms with Gasteiger partial charge in [0.05, 0.1) is 22.2 Å². The Kier molecular flexibility index (Phi) is 7.75. The molecule has 31 heavy (non-hydrogen) atoms. The van der Waals surface area contributed by atoms with E-state index in [1.54, 1.807) is 0 Å². The van der Waals surface area contributed by atoms with Crippen LogP contribution in [0.25, 0.3) is 0 Å². The molecular weight excluding hydrogens is 434 g/mol. The fraction of sp³-hybridized carbons (Fsp3) is 0.435. The van der Waals surface area contributed by atoms with Crippen LogP contribution in [-0.2, 0) is 21.2 Å². The van der Waals surface area contributed by atoms with Gasteiger partial charge in [0.25, 0.3) is 0 Å². The molecule has 0 aromatic heterocycles. The SMILES string of the molecule is CC(C)c1ccc(CN2CCN(CC(=O)Nc3cc(S(C)(=O)=O)ccc3Cl)CC2)cc1. The summed E-state index contributed by atoms with van der Waals surface area (Å²) in [6.45, 7) is 8.93. The Morgan fingerprint density at radius 2 is 1.65 bits per heavy atom. The summed E-state index contributed by atoms with van der Waals surface area (Å²) >= 11 is 6.13. The molecule has 1 saturated heterocycles. The fourth-order valence-electron chi connectivity index (χ4n) is 3.60. The minimum absolute atomic E-state index is 0.127. The lowest BCUT2D eigenvalue weighted by atomic mass is 10.0. The first-order valence-corrected chi connectivity index (χ1v) is 12.7. The van der Waals surface area contributed by atoms with Crippen molar-refractivity contribution in [3.05, 3.63) is 58.6 Å². The predicted octanol–water partition coefficient (Wildman–Crippen LogP) is 3.62. The Balaban J connectivity index is 1.49. The van der Waals surface area contributed by atoms with E-state index in [0.29, 0.717) is 16.6 Å². The molecule has 0 aliphatic carbocycles. The zero-order valence-corrected chi connectivity index (χ0v) is 19.8. The average molecular weight is 464 g/mol. The molecule has 1 aliphatic rings. The lowest BCUT2D eigenvalue weighted by molar-refractivity contribution is -0.117. The van der Waals surface area contributed by atoms with Crippen LogP contribution >= 0.6 is 11.6 Å². The van der Waals surface area contributed by atoms with Crippen LogP contribution in [0.4, 0.5) is 5.69 Å². The lowest BCUT2D eigenvalue weighted by Crippen LogP contribution is -2.48. The van der Waals surface area contributed by atoms with Gasteiger partial charge in [0.1, 0.15) is 0 Å². The van der Waals surface area contributed by atoms with Crippen LogP contribution in [0.15, 0.2) is 47.4 Å². The first-order valence-electron chi connectivity index (χ1n) is 10.4. The highest BCUT2D eigenvalue weighted by Crippen LogP contribution is 2.25. The van der Waals surface area contributed by atoms with E-state index in [1.807, 2.05) is 0 Å². The number of carbonyl (C=O) groups is 1. The molecule has 168 valence electrons. The number of anilines is 1. The fourth-order valence-corrected chi connectivity index (χ4v) is 4.41. The Labute approximate surface area is 190 Å². The maximum absolute atomic E-state index is 12.5. The van der Waals surface area contributed by atoms with Gasteiger partial charge in [0.2, 0.25) is 5.91 Å². The molecule has 1 amide bonds. The van der Waals surface area contributed by atoms with Gasteiger partial charge in [-0.25, -0.2) is 8.42 Å². The number of piperazine rings is 1. The maximum atomic E-state index is 12.5. The van der Waals surface area contributed by atoms with Crippen molar-refractivity contribution in [2.75, 3.05) is 44.3 Å². The Hall–Kier alpha value is -1.93. The minimum atomic E-state index is -3.37. The first-order chi connectivity index (χ1) is 14.6. The number of nitrogens with zero attached hydrogens (tertiary/aromatic N) is 2. The number of rotatable bonds is 7. The summed E-state index contributed by atoms with van der Waals surface area (Å²) in [5, 5.41) is 3.06. The van der Waals surface area contributed by atoms with Crippen molar-refractivity contribution in [2.24, 2.45) is 0 Å². The van der Waals surface area contributed by atoms with Gasteiger partial charge in [-0.1, -0.05) is 49.7 Å². The van der Waals surface area contributed by atoms with Crippen LogP contribution in [0.1, 0.15) is 30.9 Å². The molecule has 8 heteroatoms. The van der Waals surface area contributed by atoms with Crippen molar-refractivity contribution in [1.82, 2.24) is 9.80 Å². The molecule has 0 spiro atoms. The third-order valence-corrected chi connectivity index (χ3v) is 6.96. The molecule has 1 aliphatic heterocycles. The van der Waals surface area contributed by atoms with Crippen molar-refractivity contribution < 1.29 is 13.2 Å². The van der Waals surface area contributed by atoms with Crippen molar-refractivity contribution in [1.29, 1.82) is 0 Å². The molecule has 0 bridgehead atoms. The first kappa shape index (κ1) is 23.7. The van der Waals surface area contributed by atoms with Gasteiger partial charge in [-0.3, -0.25) is 14.6 Å². The van der Waals surface area contributed by atoms with Crippen LogP contribution in [0.2, 0.25) is 5.02 Å². The van der Waals surface area contributed by atoms with E-state index >= 15 is 0 Å². The Morgan fingerprint density at radius 3 is 2.23 bits per heavy atom. The molecule has 6 nitrogen and oxygen atoms in total. The molecule has 1 N–H and O–H groups in total. The largest absolute Gasteiger partial charge is 0.324 e. The number of hydrogen-bond donors (Lipinski definition) is 1. The topological polar surface area (TPSA) is 69.7 Å². The van der Waals surface area contributed by atoms with Crippen LogP contribution in [0.3, 0.4) is 0 Å². The average Bonchev–Trinajstić information content (AvgIpc) is 2.70. The van der Waals surface area contributed by atoms with Gasteiger partial charge in [-0.2, -0.15) is 0 Å². The maximum Gasteiger partial charge on any atom is 0.238 e. The van der Waals surface area contributed by atoms with Gasteiger partial charge in [0.15, 0.2) is 9.84 Å². The molecule has 0 atom stereocenters. The van der Waals surface area contributed by atoms with Gasteiger partial charge < -0.3 is 5.32 Å². The zero-order chi connectivity index (χ0) is 22.6. The molecule has 0 radical (unpaired) electrons. The summed E-state index contributed by atoms with van der Waals surface area (Å²) in [6, 6.07) is 13.1. The monoisotopic (exact) mass is 463 g/mol. The van der Waals surface area contributed by atoms with E-state index in [0.717, 1.165) is 39.0 Å². The number of benzene rings is 2. The minimum Gasteiger partial charge on any atom is -0.324 e. The molecule has 2 aromatic carbocycles. The molecule has 0 saturated carbocycles. The molecule has 0 unspecified atom stereocenters. The smallest absolute Gasteiger partial charge is 0.238 e. The van der Waals surface area contributed by atoms with Crippen molar-refractivity contribution in [3.63, 3.8) is 0 Å². The molecule has 1 fully saturated rings. The number of hydrogen-bond acceptors (Lipinski definition) is 5. The third-order valence-electron chi connectivity index (χ3n) is 5.52. The second-order valence-corrected chi connectivity index (χ2v) is 10.8. The number of nitrogens with one attached hydrogen (secondary N) is 1. The van der Waals surface area contributed by atoms with E-state index in [9.17, 15) is 13.2 Å². The van der Waals surface area contributed by atoms with Crippen molar-refractivity contribution in [2.45, 2.75) is 31.2 Å². The van der Waals surface area contributed by atoms with E-state index < -0.39 is 9.84 Å². The second-order valence-electron chi connectivity index (χ2n) is 8.41. The van der Waals surface area contributed by atoms with E-state index in [-0.39, 0.29) is 17.3 Å². The van der Waals surface area contributed by atoms with Crippen LogP contribution in [0.5, 0.6) is 0 Å². The Morgan fingerprint density at radius 1 is 1.03 bits per heavy atom. The third kappa shape index (κ3) is 6.77. The number of sulfone groups is 1. The van der Waals surface area contributed by atoms with Gasteiger partial charge >= 0.3 is 0 Å². The second kappa shape index (κ2) is 10.1. The summed E-state index contributed by atoms with van der Waals surface area (Å²) in [4.78, 5) is 17.1. The molecular formula is C23H30ClN3O3S. The highest BCUT2D eigenvalue weighted by Gasteiger charge is 2.20. The number of halogens is 1. The predicted molar refractivity (Wildman–Crippen MR) is 125 cm³/mol. The summed E-state index contributed by atoms with van der Waals surface area (Å²) < 4.78 is 23.5. The van der Waals surface area contributed by atoms with Crippen molar-refractivity contribution >= 4 is 33.0 Å². The summed E-state index contributed by atoms with van der Waals surface area (Å²) in [5.41, 5.74) is 2.97. The molecule has 3 rings (SSSR count). The highest BCUT2D eigenvalue weighted by atomic mass is 35.5. The Bertz CT molecular complexity index is 1010. The highest BCUT2D eigenvalue weighted by molar-refractivity contribution is 7.90. The summed E-state index contributed by atoms with van der Waals surface area (Å²) in [6.07, 6.45) is 1.13.